The second kappa shape index (κ2) is 6.65. The van der Waals surface area contributed by atoms with Crippen molar-refractivity contribution in [3.63, 3.8) is 0 Å². The van der Waals surface area contributed by atoms with Gasteiger partial charge < -0.3 is 9.80 Å². The van der Waals surface area contributed by atoms with Gasteiger partial charge in [-0.15, -0.1) is 0 Å². The largest absolute Gasteiger partial charge is 0.372 e. The molecule has 0 aliphatic rings. The number of hydrogen-bond acceptors (Lipinski definition) is 2. The van der Waals surface area contributed by atoms with E-state index >= 15 is 0 Å². The zero-order chi connectivity index (χ0) is 14.5. The molecule has 2 nitrogen and oxygen atoms in total. The molecule has 0 spiro atoms. The van der Waals surface area contributed by atoms with Crippen LogP contribution in [0.5, 0.6) is 0 Å². The van der Waals surface area contributed by atoms with E-state index in [9.17, 15) is 0 Å². The molecule has 0 bridgehead atoms. The van der Waals surface area contributed by atoms with Gasteiger partial charge in [-0.2, -0.15) is 0 Å². The number of hydrogen-bond donors (Lipinski definition) is 0. The van der Waals surface area contributed by atoms with Gasteiger partial charge in [-0.25, -0.2) is 0 Å². The van der Waals surface area contributed by atoms with E-state index in [4.69, 9.17) is 0 Å². The minimum atomic E-state index is 1.04. The van der Waals surface area contributed by atoms with E-state index in [2.05, 4.69) is 73.9 Å². The highest BCUT2D eigenvalue weighted by Gasteiger charge is 2.13. The van der Waals surface area contributed by atoms with Gasteiger partial charge in [-0.1, -0.05) is 24.3 Å². The maximum atomic E-state index is 2.44. The smallest absolute Gasteiger partial charge is 0.0466 e. The predicted molar refractivity (Wildman–Crippen MR) is 91.1 cm³/mol. The molecule has 0 N–H and O–H groups in total. The highest BCUT2D eigenvalue weighted by atomic mass is 15.1. The van der Waals surface area contributed by atoms with E-state index in [1.165, 1.54) is 22.1 Å². The van der Waals surface area contributed by atoms with E-state index < -0.39 is 0 Å². The van der Waals surface area contributed by atoms with Crippen molar-refractivity contribution in [2.45, 2.75) is 27.7 Å². The SMILES string of the molecule is CCN(CC)c1cccc2cccc(N(CC)CC)c12. The Balaban J connectivity index is 2.69. The fourth-order valence-electron chi connectivity index (χ4n) is 2.96. The molecule has 0 aliphatic carbocycles. The Bertz CT molecular complexity index is 508. The van der Waals surface area contributed by atoms with E-state index in [0.29, 0.717) is 0 Å². The Morgan fingerprint density at radius 2 is 1.05 bits per heavy atom. The highest BCUT2D eigenvalue weighted by Crippen LogP contribution is 2.35. The van der Waals surface area contributed by atoms with Gasteiger partial charge in [0.15, 0.2) is 0 Å². The molecule has 2 heteroatoms. The lowest BCUT2D eigenvalue weighted by Crippen LogP contribution is -2.25. The van der Waals surface area contributed by atoms with Crippen LogP contribution < -0.4 is 9.80 Å². The topological polar surface area (TPSA) is 6.48 Å². The summed E-state index contributed by atoms with van der Waals surface area (Å²) in [5, 5.41) is 2.72. The van der Waals surface area contributed by atoms with E-state index in [1.807, 2.05) is 0 Å². The predicted octanol–water partition coefficient (Wildman–Crippen LogP) is 4.53. The summed E-state index contributed by atoms with van der Waals surface area (Å²) < 4.78 is 0. The van der Waals surface area contributed by atoms with Crippen LogP contribution in [0, 0.1) is 0 Å². The second-order valence-corrected chi connectivity index (χ2v) is 5.00. The maximum absolute atomic E-state index is 2.44. The summed E-state index contributed by atoms with van der Waals surface area (Å²) in [5.74, 6) is 0. The molecule has 0 saturated carbocycles. The third-order valence-electron chi connectivity index (χ3n) is 4.07. The fraction of sp³-hybridized carbons (Fsp3) is 0.444. The lowest BCUT2D eigenvalue weighted by Gasteiger charge is -2.28. The zero-order valence-electron chi connectivity index (χ0n) is 13.2. The van der Waals surface area contributed by atoms with Crippen LogP contribution in [0.4, 0.5) is 11.4 Å². The van der Waals surface area contributed by atoms with E-state index in [1.54, 1.807) is 0 Å². The van der Waals surface area contributed by atoms with Crippen molar-refractivity contribution in [1.29, 1.82) is 0 Å². The first-order chi connectivity index (χ1) is 9.76. The van der Waals surface area contributed by atoms with Gasteiger partial charge in [0.2, 0.25) is 0 Å². The molecule has 108 valence electrons. The quantitative estimate of drug-likeness (QED) is 0.761. The second-order valence-electron chi connectivity index (χ2n) is 5.00. The van der Waals surface area contributed by atoms with Crippen LogP contribution in [0.1, 0.15) is 27.7 Å². The van der Waals surface area contributed by atoms with Crippen molar-refractivity contribution >= 4 is 22.1 Å². The summed E-state index contributed by atoms with van der Waals surface area (Å²) in [4.78, 5) is 4.88. The van der Waals surface area contributed by atoms with Crippen molar-refractivity contribution in [2.75, 3.05) is 36.0 Å². The van der Waals surface area contributed by atoms with Crippen LogP contribution in [-0.2, 0) is 0 Å². The lowest BCUT2D eigenvalue weighted by atomic mass is 10.0. The van der Waals surface area contributed by atoms with Crippen LogP contribution in [0.25, 0.3) is 10.8 Å². The van der Waals surface area contributed by atoms with Crippen LogP contribution in [0.3, 0.4) is 0 Å². The number of benzene rings is 2. The van der Waals surface area contributed by atoms with Crippen LogP contribution in [0.15, 0.2) is 36.4 Å². The third-order valence-corrected chi connectivity index (χ3v) is 4.07. The summed E-state index contributed by atoms with van der Waals surface area (Å²) in [6.45, 7) is 13.1. The minimum absolute atomic E-state index is 1.04. The molecule has 2 aromatic carbocycles. The first-order valence-corrected chi connectivity index (χ1v) is 7.78. The van der Waals surface area contributed by atoms with Gasteiger partial charge in [0.1, 0.15) is 0 Å². The van der Waals surface area contributed by atoms with Crippen molar-refractivity contribution in [3.05, 3.63) is 36.4 Å². The highest BCUT2D eigenvalue weighted by molar-refractivity contribution is 6.03. The molecule has 0 radical (unpaired) electrons. The molecule has 20 heavy (non-hydrogen) atoms. The number of nitrogens with zero attached hydrogens (tertiary/aromatic N) is 2. The van der Waals surface area contributed by atoms with Gasteiger partial charge in [-0.3, -0.25) is 0 Å². The average molecular weight is 270 g/mol. The molecular formula is C18H26N2. The van der Waals surface area contributed by atoms with Gasteiger partial charge in [0.25, 0.3) is 0 Å². The fourth-order valence-corrected chi connectivity index (χ4v) is 2.96. The Hall–Kier alpha value is -1.70. The summed E-state index contributed by atoms with van der Waals surface area (Å²) >= 11 is 0. The molecule has 0 aliphatic heterocycles. The molecule has 0 fully saturated rings. The molecule has 2 aromatic rings. The summed E-state index contributed by atoms with van der Waals surface area (Å²) in [6, 6.07) is 13.3. The van der Waals surface area contributed by atoms with Crippen molar-refractivity contribution in [1.82, 2.24) is 0 Å². The molecule has 0 atom stereocenters. The molecule has 0 heterocycles. The van der Waals surface area contributed by atoms with Crippen LogP contribution in [-0.4, -0.2) is 26.2 Å². The van der Waals surface area contributed by atoms with E-state index in [0.717, 1.165) is 26.2 Å². The Morgan fingerprint density at radius 3 is 1.40 bits per heavy atom. The van der Waals surface area contributed by atoms with Gasteiger partial charge >= 0.3 is 0 Å². The molecule has 0 saturated heterocycles. The minimum Gasteiger partial charge on any atom is -0.372 e. The van der Waals surface area contributed by atoms with Crippen molar-refractivity contribution in [3.8, 4) is 0 Å². The zero-order valence-corrected chi connectivity index (χ0v) is 13.2. The normalized spacial score (nSPS) is 10.8. The van der Waals surface area contributed by atoms with Crippen molar-refractivity contribution < 1.29 is 0 Å². The molecular weight excluding hydrogens is 244 g/mol. The molecule has 0 amide bonds. The average Bonchev–Trinajstić information content (AvgIpc) is 2.50. The summed E-state index contributed by atoms with van der Waals surface area (Å²) in [6.07, 6.45) is 0. The Morgan fingerprint density at radius 1 is 0.650 bits per heavy atom. The molecule has 0 unspecified atom stereocenters. The first-order valence-electron chi connectivity index (χ1n) is 7.78. The van der Waals surface area contributed by atoms with Gasteiger partial charge in [-0.05, 0) is 45.2 Å². The number of anilines is 2. The standard InChI is InChI=1S/C18H26N2/c1-5-19(6-2)16-13-9-11-15-12-10-14-17(18(15)16)20(7-3)8-4/h9-14H,5-8H2,1-4H3. The summed E-state index contributed by atoms with van der Waals surface area (Å²) in [7, 11) is 0. The Labute approximate surface area is 123 Å². The lowest BCUT2D eigenvalue weighted by molar-refractivity contribution is 0.861. The first kappa shape index (κ1) is 14.7. The van der Waals surface area contributed by atoms with Gasteiger partial charge in [0.05, 0.1) is 0 Å². The Kier molecular flexibility index (Phi) is 4.89. The number of rotatable bonds is 6. The van der Waals surface area contributed by atoms with E-state index in [-0.39, 0.29) is 0 Å². The van der Waals surface area contributed by atoms with Gasteiger partial charge in [0, 0.05) is 42.9 Å². The third kappa shape index (κ3) is 2.60. The monoisotopic (exact) mass is 270 g/mol. The molecule has 0 aromatic heterocycles. The number of fused-ring (bicyclic) bond motifs is 1. The maximum Gasteiger partial charge on any atom is 0.0466 e. The summed E-state index contributed by atoms with van der Waals surface area (Å²) in [5.41, 5.74) is 2.71. The molecule has 2 rings (SSSR count). The van der Waals surface area contributed by atoms with Crippen LogP contribution >= 0.6 is 0 Å². The van der Waals surface area contributed by atoms with Crippen molar-refractivity contribution in [2.24, 2.45) is 0 Å². The van der Waals surface area contributed by atoms with Crippen LogP contribution in [0.2, 0.25) is 0 Å².